The summed E-state index contributed by atoms with van der Waals surface area (Å²) in [5.74, 6) is 0.279. The fourth-order valence-electron chi connectivity index (χ4n) is 2.21. The minimum absolute atomic E-state index is 0.0619. The molecule has 0 radical (unpaired) electrons. The second-order valence-corrected chi connectivity index (χ2v) is 5.63. The third-order valence-corrected chi connectivity index (χ3v) is 3.39. The highest BCUT2D eigenvalue weighted by Crippen LogP contribution is 2.21. The van der Waals surface area contributed by atoms with E-state index in [2.05, 4.69) is 13.8 Å². The molecule has 4 heteroatoms. The number of carbonyl (C=O) groups is 1. The average molecular weight is 295 g/mol. The Morgan fingerprint density at radius 2 is 1.86 bits per heavy atom. The molecule has 0 aliphatic heterocycles. The number of benzene rings is 1. The van der Waals surface area contributed by atoms with Gasteiger partial charge in [0.2, 0.25) is 5.91 Å². The van der Waals surface area contributed by atoms with Crippen LogP contribution >= 0.6 is 0 Å². The molecular weight excluding hydrogens is 269 g/mol. The number of rotatable bonds is 8. The molecule has 21 heavy (non-hydrogen) atoms. The van der Waals surface area contributed by atoms with Gasteiger partial charge in [-0.1, -0.05) is 26.0 Å². The van der Waals surface area contributed by atoms with Crippen molar-refractivity contribution in [3.63, 3.8) is 0 Å². The zero-order valence-corrected chi connectivity index (χ0v) is 13.4. The summed E-state index contributed by atoms with van der Waals surface area (Å²) < 4.78 is 18.4. The number of hydrogen-bond acceptors (Lipinski definition) is 2. The molecule has 1 aromatic carbocycles. The first-order chi connectivity index (χ1) is 9.95. The van der Waals surface area contributed by atoms with Crippen molar-refractivity contribution in [1.82, 2.24) is 4.90 Å². The van der Waals surface area contributed by atoms with E-state index in [1.165, 1.54) is 12.1 Å². The third-order valence-electron chi connectivity index (χ3n) is 3.39. The van der Waals surface area contributed by atoms with Crippen LogP contribution in [-0.2, 0) is 9.53 Å². The smallest absolute Gasteiger partial charge is 0.225 e. The summed E-state index contributed by atoms with van der Waals surface area (Å²) in [6.45, 7) is 9.82. The Labute approximate surface area is 127 Å². The van der Waals surface area contributed by atoms with E-state index in [9.17, 15) is 9.18 Å². The molecule has 0 fully saturated rings. The number of ether oxygens (including phenoxy) is 1. The Bertz CT molecular complexity index is 431. The molecule has 0 saturated heterocycles. The molecule has 3 nitrogen and oxygen atoms in total. The Morgan fingerprint density at radius 3 is 2.38 bits per heavy atom. The van der Waals surface area contributed by atoms with Crippen LogP contribution in [0.4, 0.5) is 4.39 Å². The summed E-state index contributed by atoms with van der Waals surface area (Å²) in [6, 6.07) is 6.25. The monoisotopic (exact) mass is 295 g/mol. The lowest BCUT2D eigenvalue weighted by Crippen LogP contribution is -2.34. The van der Waals surface area contributed by atoms with Gasteiger partial charge in [0.15, 0.2) is 0 Å². The van der Waals surface area contributed by atoms with Crippen molar-refractivity contribution in [2.24, 2.45) is 5.92 Å². The standard InChI is InChI=1S/C17H26FNO2/c1-5-19(17(20)10-11-21-12-13(2)3)14(4)15-6-8-16(18)9-7-15/h6-9,13-14H,5,10-12H2,1-4H3. The van der Waals surface area contributed by atoms with Crippen LogP contribution in [0.5, 0.6) is 0 Å². The van der Waals surface area contributed by atoms with Crippen LogP contribution in [0.3, 0.4) is 0 Å². The van der Waals surface area contributed by atoms with Crippen LogP contribution in [0.15, 0.2) is 24.3 Å². The molecule has 0 spiro atoms. The first kappa shape index (κ1) is 17.6. The predicted molar refractivity (Wildman–Crippen MR) is 82.5 cm³/mol. The summed E-state index contributed by atoms with van der Waals surface area (Å²) in [6.07, 6.45) is 0.381. The van der Waals surface area contributed by atoms with E-state index >= 15 is 0 Å². The van der Waals surface area contributed by atoms with Gasteiger partial charge in [0.25, 0.3) is 0 Å². The van der Waals surface area contributed by atoms with Crippen molar-refractivity contribution >= 4 is 5.91 Å². The van der Waals surface area contributed by atoms with E-state index in [0.29, 0.717) is 32.1 Å². The second kappa shape index (κ2) is 8.78. The Kier molecular flexibility index (Phi) is 7.37. The summed E-state index contributed by atoms with van der Waals surface area (Å²) >= 11 is 0. The molecule has 1 aromatic rings. The van der Waals surface area contributed by atoms with Crippen molar-refractivity contribution < 1.29 is 13.9 Å². The van der Waals surface area contributed by atoms with E-state index in [1.807, 2.05) is 13.8 Å². The highest BCUT2D eigenvalue weighted by molar-refractivity contribution is 5.76. The molecule has 0 saturated carbocycles. The van der Waals surface area contributed by atoms with E-state index in [1.54, 1.807) is 17.0 Å². The first-order valence-corrected chi connectivity index (χ1v) is 7.58. The summed E-state index contributed by atoms with van der Waals surface area (Å²) in [5.41, 5.74) is 0.940. The maximum absolute atomic E-state index is 13.0. The van der Waals surface area contributed by atoms with Crippen LogP contribution in [0.2, 0.25) is 0 Å². The fourth-order valence-corrected chi connectivity index (χ4v) is 2.21. The van der Waals surface area contributed by atoms with Crippen LogP contribution < -0.4 is 0 Å². The average Bonchev–Trinajstić information content (AvgIpc) is 2.44. The molecule has 1 amide bonds. The largest absolute Gasteiger partial charge is 0.381 e. The first-order valence-electron chi connectivity index (χ1n) is 7.58. The Balaban J connectivity index is 2.56. The van der Waals surface area contributed by atoms with Gasteiger partial charge in [-0.2, -0.15) is 0 Å². The molecule has 0 N–H and O–H groups in total. The lowest BCUT2D eigenvalue weighted by molar-refractivity contribution is -0.134. The van der Waals surface area contributed by atoms with E-state index < -0.39 is 0 Å². The second-order valence-electron chi connectivity index (χ2n) is 5.63. The Morgan fingerprint density at radius 1 is 1.24 bits per heavy atom. The predicted octanol–water partition coefficient (Wildman–Crippen LogP) is 3.80. The molecule has 0 aliphatic carbocycles. The van der Waals surface area contributed by atoms with Gasteiger partial charge in [0.1, 0.15) is 5.82 Å². The van der Waals surface area contributed by atoms with Crippen molar-refractivity contribution in [2.45, 2.75) is 40.2 Å². The maximum atomic E-state index is 13.0. The molecular formula is C17H26FNO2. The number of nitrogens with zero attached hydrogens (tertiary/aromatic N) is 1. The minimum atomic E-state index is -0.262. The lowest BCUT2D eigenvalue weighted by atomic mass is 10.1. The van der Waals surface area contributed by atoms with Gasteiger partial charge in [-0.25, -0.2) is 4.39 Å². The molecule has 1 rings (SSSR count). The van der Waals surface area contributed by atoms with Crippen molar-refractivity contribution in [2.75, 3.05) is 19.8 Å². The highest BCUT2D eigenvalue weighted by Gasteiger charge is 2.19. The van der Waals surface area contributed by atoms with Crippen molar-refractivity contribution in [3.05, 3.63) is 35.6 Å². The molecule has 1 unspecified atom stereocenters. The number of amides is 1. The van der Waals surface area contributed by atoms with Crippen LogP contribution in [0, 0.1) is 11.7 Å². The third kappa shape index (κ3) is 5.84. The number of halogens is 1. The zero-order valence-electron chi connectivity index (χ0n) is 13.4. The highest BCUT2D eigenvalue weighted by atomic mass is 19.1. The number of carbonyl (C=O) groups excluding carboxylic acids is 1. The minimum Gasteiger partial charge on any atom is -0.381 e. The van der Waals surface area contributed by atoms with Gasteiger partial charge in [-0.3, -0.25) is 4.79 Å². The summed E-state index contributed by atoms with van der Waals surface area (Å²) in [4.78, 5) is 14.1. The van der Waals surface area contributed by atoms with Crippen LogP contribution in [-0.4, -0.2) is 30.6 Å². The summed E-state index contributed by atoms with van der Waals surface area (Å²) in [5, 5.41) is 0. The van der Waals surface area contributed by atoms with Gasteiger partial charge in [-0.15, -0.1) is 0 Å². The van der Waals surface area contributed by atoms with Gasteiger partial charge >= 0.3 is 0 Å². The fraction of sp³-hybridized carbons (Fsp3) is 0.588. The molecule has 118 valence electrons. The topological polar surface area (TPSA) is 29.5 Å². The zero-order chi connectivity index (χ0) is 15.8. The molecule has 0 aromatic heterocycles. The van der Waals surface area contributed by atoms with Gasteiger partial charge in [0, 0.05) is 13.2 Å². The number of hydrogen-bond donors (Lipinski definition) is 0. The SMILES string of the molecule is CCN(C(=O)CCOCC(C)C)C(C)c1ccc(F)cc1. The normalized spacial score (nSPS) is 12.5. The molecule has 0 heterocycles. The van der Waals surface area contributed by atoms with E-state index in [4.69, 9.17) is 4.74 Å². The molecule has 0 aliphatic rings. The van der Waals surface area contributed by atoms with Gasteiger partial charge in [-0.05, 0) is 37.5 Å². The van der Waals surface area contributed by atoms with Crippen molar-refractivity contribution in [1.29, 1.82) is 0 Å². The maximum Gasteiger partial charge on any atom is 0.225 e. The molecule has 1 atom stereocenters. The molecule has 0 bridgehead atoms. The van der Waals surface area contributed by atoms with Crippen LogP contribution in [0.25, 0.3) is 0 Å². The van der Waals surface area contributed by atoms with Gasteiger partial charge < -0.3 is 9.64 Å². The quantitative estimate of drug-likeness (QED) is 0.683. The summed E-state index contributed by atoms with van der Waals surface area (Å²) in [7, 11) is 0. The van der Waals surface area contributed by atoms with Gasteiger partial charge in [0.05, 0.1) is 19.1 Å². The van der Waals surface area contributed by atoms with E-state index in [-0.39, 0.29) is 17.8 Å². The lowest BCUT2D eigenvalue weighted by Gasteiger charge is -2.28. The van der Waals surface area contributed by atoms with Crippen molar-refractivity contribution in [3.8, 4) is 0 Å². The Hall–Kier alpha value is -1.42. The van der Waals surface area contributed by atoms with Crippen LogP contribution in [0.1, 0.15) is 45.7 Å². The van der Waals surface area contributed by atoms with E-state index in [0.717, 1.165) is 5.56 Å².